The average Bonchev–Trinajstić information content (AvgIpc) is 3.02. The molecule has 0 aliphatic carbocycles. The first kappa shape index (κ1) is 27.9. The topological polar surface area (TPSA) is 20.5 Å². The fourth-order valence-corrected chi connectivity index (χ4v) is 4.99. The Morgan fingerprint density at radius 1 is 0.512 bits per heavy atom. The molecule has 1 aliphatic rings. The van der Waals surface area contributed by atoms with Crippen LogP contribution in [0.25, 0.3) is 39.9 Å². The second-order valence-corrected chi connectivity index (χ2v) is 11.2. The molecule has 0 saturated carbocycles. The number of rotatable bonds is 6. The van der Waals surface area contributed by atoms with Crippen LogP contribution in [0.1, 0.15) is 39.1 Å². The Hall–Kier alpha value is -5.21. The fraction of sp³-hybridized carbons (Fsp3) is 0.0976. The molecule has 6 rings (SSSR count). The largest absolute Gasteiger partial charge is 0.457 e. The van der Waals surface area contributed by atoms with Gasteiger partial charge < -0.3 is 4.74 Å². The lowest BCUT2D eigenvalue weighted by Crippen LogP contribution is -1.99. The molecule has 0 amide bonds. The van der Waals surface area contributed by atoms with Crippen LogP contribution in [-0.4, -0.2) is 0 Å². The summed E-state index contributed by atoms with van der Waals surface area (Å²) in [6, 6.07) is 38.3. The van der Waals surface area contributed by atoms with Gasteiger partial charge in [0.05, 0.1) is 17.7 Å². The van der Waals surface area contributed by atoms with Crippen molar-refractivity contribution in [2.75, 3.05) is 0 Å². The Morgan fingerprint density at radius 2 is 1.02 bits per heavy atom. The fourth-order valence-electron chi connectivity index (χ4n) is 4.99. The molecule has 2 heteroatoms. The zero-order valence-corrected chi connectivity index (χ0v) is 25.1. The van der Waals surface area contributed by atoms with Gasteiger partial charge in [-0.3, -0.25) is 0 Å². The van der Waals surface area contributed by atoms with E-state index in [2.05, 4.69) is 149 Å². The van der Waals surface area contributed by atoms with Crippen LogP contribution in [0.3, 0.4) is 0 Å². The van der Waals surface area contributed by atoms with Crippen LogP contribution >= 0.6 is 0 Å². The second-order valence-electron chi connectivity index (χ2n) is 11.2. The van der Waals surface area contributed by atoms with E-state index >= 15 is 0 Å². The highest BCUT2D eigenvalue weighted by molar-refractivity contribution is 5.85. The molecule has 2 heterocycles. The van der Waals surface area contributed by atoms with Crippen LogP contribution in [0.4, 0.5) is 0 Å². The third-order valence-electron chi connectivity index (χ3n) is 7.59. The molecule has 0 N–H and O–H groups in total. The first-order valence-electron chi connectivity index (χ1n) is 14.7. The lowest BCUT2D eigenvalue weighted by molar-refractivity contribution is 0.398. The summed E-state index contributed by atoms with van der Waals surface area (Å²) in [5.41, 5.74) is 11.5. The van der Waals surface area contributed by atoms with Crippen LogP contribution in [-0.2, 0) is 4.74 Å². The number of aryl methyl sites for hydroxylation is 4. The molecule has 0 radical (unpaired) electrons. The van der Waals surface area contributed by atoms with Crippen LogP contribution in [0.5, 0.6) is 0 Å². The average molecular weight is 560 g/mol. The van der Waals surface area contributed by atoms with Crippen molar-refractivity contribution in [3.05, 3.63) is 178 Å². The summed E-state index contributed by atoms with van der Waals surface area (Å²) in [6.07, 6.45) is 10.2. The van der Waals surface area contributed by atoms with Gasteiger partial charge in [-0.1, -0.05) is 107 Å². The molecule has 210 valence electrons. The predicted molar refractivity (Wildman–Crippen MR) is 180 cm³/mol. The van der Waals surface area contributed by atoms with Gasteiger partial charge in [-0.15, -0.1) is 0 Å². The quantitative estimate of drug-likeness (QED) is 0.193. The summed E-state index contributed by atoms with van der Waals surface area (Å²) in [6.45, 7) is 8.40. The maximum absolute atomic E-state index is 6.40. The lowest BCUT2D eigenvalue weighted by Gasteiger charge is -2.18. The minimum absolute atomic E-state index is 0.762. The Balaban J connectivity index is 1.36. The van der Waals surface area contributed by atoms with Crippen LogP contribution in [0.2, 0.25) is 0 Å². The van der Waals surface area contributed by atoms with Gasteiger partial charge in [0, 0.05) is 17.2 Å². The summed E-state index contributed by atoms with van der Waals surface area (Å²) in [4.78, 5) is 0. The smallest absolute Gasteiger partial charge is 0.361 e. The Morgan fingerprint density at radius 3 is 1.60 bits per heavy atom. The first-order valence-corrected chi connectivity index (χ1v) is 14.7. The van der Waals surface area contributed by atoms with E-state index in [1.54, 1.807) is 0 Å². The summed E-state index contributed by atoms with van der Waals surface area (Å²) in [5, 5.41) is 0. The molecule has 0 saturated heterocycles. The minimum Gasteiger partial charge on any atom is -0.457 e. The molecule has 1 aliphatic heterocycles. The third-order valence-corrected chi connectivity index (χ3v) is 7.59. The molecule has 2 nitrogen and oxygen atoms in total. The normalized spacial score (nSPS) is 14.0. The number of hydrogen-bond donors (Lipinski definition) is 0. The molecule has 43 heavy (non-hydrogen) atoms. The van der Waals surface area contributed by atoms with Gasteiger partial charge >= 0.3 is 11.5 Å². The predicted octanol–water partition coefficient (Wildman–Crippen LogP) is 11.2. The Bertz CT molecular complexity index is 1800. The molecular formula is C41H35O2+. The molecule has 1 aromatic heterocycles. The van der Waals surface area contributed by atoms with Gasteiger partial charge in [0.2, 0.25) is 0 Å². The zero-order chi connectivity index (χ0) is 29.8. The van der Waals surface area contributed by atoms with Gasteiger partial charge in [0.1, 0.15) is 11.5 Å². The van der Waals surface area contributed by atoms with Gasteiger partial charge in [-0.05, 0) is 80.8 Å². The van der Waals surface area contributed by atoms with Crippen LogP contribution in [0.15, 0.2) is 144 Å². The van der Waals surface area contributed by atoms with Crippen LogP contribution < -0.4 is 0 Å². The molecule has 0 unspecified atom stereocenters. The number of benzene rings is 4. The maximum atomic E-state index is 6.40. The minimum atomic E-state index is 0.762. The summed E-state index contributed by atoms with van der Waals surface area (Å²) < 4.78 is 12.8. The van der Waals surface area contributed by atoms with E-state index in [0.717, 1.165) is 56.4 Å². The third kappa shape index (κ3) is 6.82. The van der Waals surface area contributed by atoms with E-state index in [-0.39, 0.29) is 0 Å². The first-order chi connectivity index (χ1) is 20.9. The molecule has 5 aromatic rings. The number of allylic oxidation sites excluding steroid dienone is 5. The SMILES string of the molecule is Cc1ccc(C2=C/C(=C\C=C\c3cc(-c4ccc(C)cc4)cc(-c4ccc(C)cc4)[o+]3)OC(c3ccc(C)cc3)=C2)cc1. The summed E-state index contributed by atoms with van der Waals surface area (Å²) in [5.74, 6) is 3.17. The lowest BCUT2D eigenvalue weighted by atomic mass is 9.99. The molecule has 0 bridgehead atoms. The highest BCUT2D eigenvalue weighted by Crippen LogP contribution is 2.33. The van der Waals surface area contributed by atoms with E-state index in [1.807, 2.05) is 18.2 Å². The van der Waals surface area contributed by atoms with Crippen molar-refractivity contribution in [3.8, 4) is 22.5 Å². The van der Waals surface area contributed by atoms with Crippen LogP contribution in [0, 0.1) is 27.7 Å². The van der Waals surface area contributed by atoms with Crippen molar-refractivity contribution in [2.24, 2.45) is 0 Å². The standard InChI is InChI=1S/C41H35O2/c1-28-8-16-32(17-9-28)36-24-38(42-40(26-36)34-20-12-30(3)13-21-34)6-5-7-39-25-37(33-18-10-29(2)11-19-33)27-41(43-39)35-22-14-31(4)15-23-35/h5-27H,1-4H3/q+1. The van der Waals surface area contributed by atoms with E-state index in [9.17, 15) is 0 Å². The number of ether oxygens (including phenoxy) is 1. The van der Waals surface area contributed by atoms with Crippen molar-refractivity contribution >= 4 is 17.4 Å². The van der Waals surface area contributed by atoms with Gasteiger partial charge in [-0.25, -0.2) is 4.42 Å². The number of hydrogen-bond acceptors (Lipinski definition) is 1. The summed E-state index contributed by atoms with van der Waals surface area (Å²) >= 11 is 0. The monoisotopic (exact) mass is 559 g/mol. The van der Waals surface area contributed by atoms with Crippen molar-refractivity contribution in [2.45, 2.75) is 27.7 Å². The second kappa shape index (κ2) is 12.3. The van der Waals surface area contributed by atoms with Gasteiger partial charge in [-0.2, -0.15) is 0 Å². The maximum Gasteiger partial charge on any atom is 0.361 e. The Labute approximate surface area is 254 Å². The molecular weight excluding hydrogens is 524 g/mol. The van der Waals surface area contributed by atoms with Crippen molar-refractivity contribution in [3.63, 3.8) is 0 Å². The van der Waals surface area contributed by atoms with Gasteiger partial charge in [0.25, 0.3) is 0 Å². The molecule has 0 spiro atoms. The van der Waals surface area contributed by atoms with Crippen molar-refractivity contribution in [1.82, 2.24) is 0 Å². The molecule has 4 aromatic carbocycles. The zero-order valence-electron chi connectivity index (χ0n) is 25.1. The van der Waals surface area contributed by atoms with Gasteiger partial charge in [0.15, 0.2) is 0 Å². The summed E-state index contributed by atoms with van der Waals surface area (Å²) in [7, 11) is 0. The van der Waals surface area contributed by atoms with E-state index in [4.69, 9.17) is 9.15 Å². The van der Waals surface area contributed by atoms with Crippen molar-refractivity contribution in [1.29, 1.82) is 0 Å². The van der Waals surface area contributed by atoms with Crippen molar-refractivity contribution < 1.29 is 9.15 Å². The van der Waals surface area contributed by atoms with E-state index in [1.165, 1.54) is 22.3 Å². The highest BCUT2D eigenvalue weighted by Gasteiger charge is 2.18. The highest BCUT2D eigenvalue weighted by atomic mass is 16.5. The molecule has 0 fully saturated rings. The van der Waals surface area contributed by atoms with E-state index in [0.29, 0.717) is 0 Å². The molecule has 0 atom stereocenters. The Kier molecular flexibility index (Phi) is 8.02. The van der Waals surface area contributed by atoms with E-state index < -0.39 is 0 Å².